The van der Waals surface area contributed by atoms with Gasteiger partial charge in [-0.3, -0.25) is 14.5 Å². The average Bonchev–Trinajstić information content (AvgIpc) is 2.93. The van der Waals surface area contributed by atoms with Gasteiger partial charge in [-0.1, -0.05) is 0 Å². The van der Waals surface area contributed by atoms with Gasteiger partial charge in [0, 0.05) is 18.5 Å². The molecule has 0 bridgehead atoms. The van der Waals surface area contributed by atoms with Crippen molar-refractivity contribution in [2.45, 2.75) is 44.6 Å². The van der Waals surface area contributed by atoms with Crippen molar-refractivity contribution in [3.05, 3.63) is 0 Å². The van der Waals surface area contributed by atoms with Crippen LogP contribution in [0.15, 0.2) is 0 Å². The van der Waals surface area contributed by atoms with Crippen LogP contribution in [0.3, 0.4) is 0 Å². The SMILES string of the molecule is CCOC(=O)CCC(=O)C12CCN3CCC31C2. The third kappa shape index (κ3) is 1.33. The second kappa shape index (κ2) is 3.55. The Hall–Kier alpha value is -0.900. The van der Waals surface area contributed by atoms with Crippen molar-refractivity contribution in [1.29, 1.82) is 0 Å². The molecule has 2 saturated heterocycles. The number of rotatable bonds is 5. The molecule has 0 amide bonds. The third-order valence-electron chi connectivity index (χ3n) is 4.96. The summed E-state index contributed by atoms with van der Waals surface area (Å²) in [6.45, 7) is 4.42. The molecule has 0 aromatic heterocycles. The lowest BCUT2D eigenvalue weighted by atomic mass is 9.87. The Morgan fingerprint density at radius 2 is 2.00 bits per heavy atom. The van der Waals surface area contributed by atoms with Crippen molar-refractivity contribution in [3.63, 3.8) is 0 Å². The van der Waals surface area contributed by atoms with E-state index in [1.807, 2.05) is 0 Å². The molecule has 17 heavy (non-hydrogen) atoms. The zero-order valence-electron chi connectivity index (χ0n) is 10.3. The monoisotopic (exact) mass is 237 g/mol. The topological polar surface area (TPSA) is 46.6 Å². The van der Waals surface area contributed by atoms with Crippen molar-refractivity contribution in [3.8, 4) is 0 Å². The normalized spacial score (nSPS) is 37.9. The number of carbonyl (C=O) groups excluding carboxylic acids is 2. The Balaban J connectivity index is 1.56. The number of hydrogen-bond donors (Lipinski definition) is 0. The summed E-state index contributed by atoms with van der Waals surface area (Å²) in [6.07, 6.45) is 3.85. The van der Waals surface area contributed by atoms with Crippen LogP contribution in [0.2, 0.25) is 0 Å². The molecule has 1 aliphatic carbocycles. The molecule has 4 heteroatoms. The third-order valence-corrected chi connectivity index (χ3v) is 4.96. The molecule has 2 atom stereocenters. The predicted molar refractivity (Wildman–Crippen MR) is 61.5 cm³/mol. The van der Waals surface area contributed by atoms with Crippen molar-refractivity contribution < 1.29 is 14.3 Å². The van der Waals surface area contributed by atoms with Gasteiger partial charge in [-0.05, 0) is 32.7 Å². The van der Waals surface area contributed by atoms with E-state index in [2.05, 4.69) is 4.90 Å². The first-order chi connectivity index (χ1) is 8.14. The molecule has 0 N–H and O–H groups in total. The fourth-order valence-electron chi connectivity index (χ4n) is 3.90. The van der Waals surface area contributed by atoms with Crippen LogP contribution in [0.25, 0.3) is 0 Å². The summed E-state index contributed by atoms with van der Waals surface area (Å²) >= 11 is 0. The van der Waals surface area contributed by atoms with Crippen molar-refractivity contribution in [2.75, 3.05) is 19.7 Å². The van der Waals surface area contributed by atoms with Crippen LogP contribution >= 0.6 is 0 Å². The maximum atomic E-state index is 12.3. The molecular formula is C13H19NO3. The van der Waals surface area contributed by atoms with Crippen molar-refractivity contribution in [2.24, 2.45) is 5.41 Å². The highest BCUT2D eigenvalue weighted by atomic mass is 16.5. The Labute approximate surface area is 101 Å². The van der Waals surface area contributed by atoms with Gasteiger partial charge in [0.2, 0.25) is 0 Å². The van der Waals surface area contributed by atoms with Crippen LogP contribution in [0, 0.1) is 5.41 Å². The van der Waals surface area contributed by atoms with Gasteiger partial charge in [-0.15, -0.1) is 0 Å². The summed E-state index contributed by atoms with van der Waals surface area (Å²) in [4.78, 5) is 26.0. The highest BCUT2D eigenvalue weighted by Gasteiger charge is 2.79. The largest absolute Gasteiger partial charge is 0.466 e. The summed E-state index contributed by atoms with van der Waals surface area (Å²) < 4.78 is 4.86. The maximum absolute atomic E-state index is 12.3. The summed E-state index contributed by atoms with van der Waals surface area (Å²) in [7, 11) is 0. The second-order valence-corrected chi connectivity index (χ2v) is 5.51. The van der Waals surface area contributed by atoms with Gasteiger partial charge >= 0.3 is 5.97 Å². The Morgan fingerprint density at radius 3 is 2.53 bits per heavy atom. The highest BCUT2D eigenvalue weighted by molar-refractivity contribution is 5.93. The molecule has 2 aliphatic heterocycles. The lowest BCUT2D eigenvalue weighted by molar-refractivity contribution is -0.144. The number of carbonyl (C=O) groups is 2. The fraction of sp³-hybridized carbons (Fsp3) is 0.846. The Morgan fingerprint density at radius 1 is 1.24 bits per heavy atom. The predicted octanol–water partition coefficient (Wildman–Crippen LogP) is 1.14. The molecule has 3 fully saturated rings. The first-order valence-corrected chi connectivity index (χ1v) is 6.59. The van der Waals surface area contributed by atoms with E-state index in [4.69, 9.17) is 4.74 Å². The van der Waals surface area contributed by atoms with Gasteiger partial charge in [0.1, 0.15) is 5.78 Å². The van der Waals surface area contributed by atoms with Crippen molar-refractivity contribution in [1.82, 2.24) is 4.90 Å². The molecule has 1 saturated carbocycles. The minimum Gasteiger partial charge on any atom is -0.466 e. The summed E-state index contributed by atoms with van der Waals surface area (Å²) in [5, 5.41) is 0. The van der Waals surface area contributed by atoms with E-state index < -0.39 is 0 Å². The molecule has 0 aromatic carbocycles. The molecule has 0 radical (unpaired) electrons. The number of esters is 1. The van der Waals surface area contributed by atoms with Gasteiger partial charge in [0.05, 0.1) is 18.4 Å². The lowest BCUT2D eigenvalue weighted by Gasteiger charge is -2.39. The quantitative estimate of drug-likeness (QED) is 0.673. The van der Waals surface area contributed by atoms with E-state index >= 15 is 0 Å². The first-order valence-electron chi connectivity index (χ1n) is 6.59. The molecule has 2 heterocycles. The van der Waals surface area contributed by atoms with Gasteiger partial charge in [0.25, 0.3) is 0 Å². The van der Waals surface area contributed by atoms with Crippen LogP contribution in [-0.2, 0) is 14.3 Å². The van der Waals surface area contributed by atoms with Gasteiger partial charge in [-0.2, -0.15) is 0 Å². The molecular weight excluding hydrogens is 218 g/mol. The van der Waals surface area contributed by atoms with E-state index in [0.29, 0.717) is 18.8 Å². The summed E-state index contributed by atoms with van der Waals surface area (Å²) in [6, 6.07) is 0. The molecule has 4 nitrogen and oxygen atoms in total. The minimum absolute atomic E-state index is 0.0717. The van der Waals surface area contributed by atoms with Crippen LogP contribution < -0.4 is 0 Å². The maximum Gasteiger partial charge on any atom is 0.306 e. The second-order valence-electron chi connectivity index (χ2n) is 5.51. The highest BCUT2D eigenvalue weighted by Crippen LogP contribution is 2.72. The fourth-order valence-corrected chi connectivity index (χ4v) is 3.90. The molecule has 1 spiro atoms. The van der Waals surface area contributed by atoms with E-state index in [1.54, 1.807) is 6.92 Å². The van der Waals surface area contributed by atoms with Crippen LogP contribution in [-0.4, -0.2) is 41.9 Å². The van der Waals surface area contributed by atoms with Crippen molar-refractivity contribution >= 4 is 11.8 Å². The molecule has 2 unspecified atom stereocenters. The number of ether oxygens (including phenoxy) is 1. The summed E-state index contributed by atoms with van der Waals surface area (Å²) in [5.74, 6) is 0.0585. The Kier molecular flexibility index (Phi) is 2.34. The lowest BCUT2D eigenvalue weighted by Crippen LogP contribution is -2.49. The van der Waals surface area contributed by atoms with Crippen LogP contribution in [0.1, 0.15) is 39.0 Å². The van der Waals surface area contributed by atoms with E-state index in [9.17, 15) is 9.59 Å². The summed E-state index contributed by atoms with van der Waals surface area (Å²) in [5.41, 5.74) is 0.163. The minimum atomic E-state index is -0.240. The molecule has 94 valence electrons. The average molecular weight is 237 g/mol. The molecule has 3 rings (SSSR count). The number of piperidine rings is 1. The van der Waals surface area contributed by atoms with E-state index in [1.165, 1.54) is 6.42 Å². The smallest absolute Gasteiger partial charge is 0.306 e. The zero-order chi connectivity index (χ0) is 12.1. The number of Topliss-reactive ketones (excluding diaryl/α,β-unsaturated/α-hetero) is 1. The zero-order valence-corrected chi connectivity index (χ0v) is 10.3. The van der Waals surface area contributed by atoms with Gasteiger partial charge < -0.3 is 4.74 Å². The Bertz CT molecular complexity index is 377. The van der Waals surface area contributed by atoms with Gasteiger partial charge in [0.15, 0.2) is 0 Å². The van der Waals surface area contributed by atoms with Crippen LogP contribution in [0.5, 0.6) is 0 Å². The number of nitrogens with zero attached hydrogens (tertiary/aromatic N) is 1. The number of hydrogen-bond acceptors (Lipinski definition) is 4. The molecule has 0 aromatic rings. The van der Waals surface area contributed by atoms with E-state index in [0.717, 1.165) is 25.9 Å². The van der Waals surface area contributed by atoms with E-state index in [-0.39, 0.29) is 23.3 Å². The van der Waals surface area contributed by atoms with Gasteiger partial charge in [-0.25, -0.2) is 0 Å². The standard InChI is InChI=1S/C13H19NO3/c1-2-17-11(16)4-3-10(15)12-5-7-14-8-6-13(12,14)9-12/h2-9H2,1H3. The first kappa shape index (κ1) is 11.2. The molecule has 3 aliphatic rings. The van der Waals surface area contributed by atoms with Crippen LogP contribution in [0.4, 0.5) is 0 Å². The number of ketones is 1.